The van der Waals surface area contributed by atoms with Crippen molar-refractivity contribution in [2.45, 2.75) is 37.2 Å². The van der Waals surface area contributed by atoms with Crippen LogP contribution in [0.2, 0.25) is 0 Å². The Balaban J connectivity index is 2.32. The number of carbonyl (C=O) groups is 1. The molecule has 2 unspecified atom stereocenters. The molecule has 58 valence electrons. The van der Waals surface area contributed by atoms with Crippen LogP contribution >= 0.6 is 11.6 Å². The lowest BCUT2D eigenvalue weighted by atomic mass is 9.97. The fourth-order valence-electron chi connectivity index (χ4n) is 1.28. The van der Waals surface area contributed by atoms with Crippen LogP contribution < -0.4 is 0 Å². The smallest absolute Gasteiger partial charge is 0.293 e. The molecule has 3 heteroatoms. The van der Waals surface area contributed by atoms with Crippen molar-refractivity contribution in [2.24, 2.45) is 0 Å². The van der Waals surface area contributed by atoms with E-state index in [1.165, 1.54) is 0 Å². The van der Waals surface area contributed by atoms with Crippen LogP contribution in [0.3, 0.4) is 0 Å². The topological polar surface area (TPSA) is 26.3 Å². The predicted molar refractivity (Wildman–Crippen MR) is 39.0 cm³/mol. The van der Waals surface area contributed by atoms with Gasteiger partial charge in [0.25, 0.3) is 6.47 Å². The molecule has 0 heterocycles. The fraction of sp³-hybridized carbons (Fsp3) is 0.857. The third kappa shape index (κ3) is 1.87. The average Bonchev–Trinajstić information content (AvgIpc) is 1.94. The van der Waals surface area contributed by atoms with E-state index in [0.717, 1.165) is 25.7 Å². The van der Waals surface area contributed by atoms with Crippen molar-refractivity contribution >= 4 is 18.1 Å². The lowest BCUT2D eigenvalue weighted by Gasteiger charge is -2.24. The van der Waals surface area contributed by atoms with Crippen molar-refractivity contribution in [3.8, 4) is 0 Å². The van der Waals surface area contributed by atoms with Gasteiger partial charge in [-0.1, -0.05) is 6.42 Å². The number of ether oxygens (including phenoxy) is 1. The molecule has 0 saturated heterocycles. The number of hydrogen-bond donors (Lipinski definition) is 0. The first-order valence-corrected chi connectivity index (χ1v) is 4.01. The van der Waals surface area contributed by atoms with Crippen molar-refractivity contribution in [2.75, 3.05) is 0 Å². The van der Waals surface area contributed by atoms with Crippen molar-refractivity contribution in [3.63, 3.8) is 0 Å². The van der Waals surface area contributed by atoms with Crippen LogP contribution in [0.4, 0.5) is 0 Å². The Labute approximate surface area is 65.5 Å². The van der Waals surface area contributed by atoms with E-state index >= 15 is 0 Å². The molecule has 1 saturated carbocycles. The number of rotatable bonds is 2. The van der Waals surface area contributed by atoms with Crippen molar-refractivity contribution < 1.29 is 9.53 Å². The maximum Gasteiger partial charge on any atom is 0.293 e. The van der Waals surface area contributed by atoms with Crippen molar-refractivity contribution in [1.82, 2.24) is 0 Å². The van der Waals surface area contributed by atoms with Gasteiger partial charge in [0.2, 0.25) is 0 Å². The minimum absolute atomic E-state index is 0.0343. The van der Waals surface area contributed by atoms with E-state index in [1.807, 2.05) is 0 Å². The molecule has 1 aliphatic rings. The van der Waals surface area contributed by atoms with Crippen LogP contribution in [0.15, 0.2) is 0 Å². The minimum Gasteiger partial charge on any atom is -0.463 e. The van der Waals surface area contributed by atoms with Gasteiger partial charge in [0.15, 0.2) is 0 Å². The number of carbonyl (C=O) groups excluding carboxylic acids is 1. The number of hydrogen-bond acceptors (Lipinski definition) is 2. The van der Waals surface area contributed by atoms with Gasteiger partial charge in [-0.05, 0) is 19.3 Å². The van der Waals surface area contributed by atoms with E-state index in [0.29, 0.717) is 6.47 Å². The van der Waals surface area contributed by atoms with Crippen LogP contribution in [-0.2, 0) is 9.53 Å². The van der Waals surface area contributed by atoms with E-state index < -0.39 is 0 Å². The van der Waals surface area contributed by atoms with Gasteiger partial charge in [0.05, 0.1) is 5.38 Å². The molecule has 10 heavy (non-hydrogen) atoms. The quantitative estimate of drug-likeness (QED) is 0.457. The molecule has 0 N–H and O–H groups in total. The van der Waals surface area contributed by atoms with Crippen LogP contribution in [0.5, 0.6) is 0 Å². The van der Waals surface area contributed by atoms with Gasteiger partial charge in [-0.25, -0.2) is 0 Å². The third-order valence-corrected chi connectivity index (χ3v) is 2.35. The Bertz CT molecular complexity index is 116. The maximum atomic E-state index is 9.94. The molecule has 0 amide bonds. The normalized spacial score (nSPS) is 33.3. The summed E-state index contributed by atoms with van der Waals surface area (Å²) in [6.45, 7) is 0.491. The summed E-state index contributed by atoms with van der Waals surface area (Å²) < 4.78 is 4.78. The lowest BCUT2D eigenvalue weighted by molar-refractivity contribution is -0.134. The van der Waals surface area contributed by atoms with Crippen LogP contribution in [0.1, 0.15) is 25.7 Å². The fourth-order valence-corrected chi connectivity index (χ4v) is 1.62. The Kier molecular flexibility index (Phi) is 3.00. The SMILES string of the molecule is O=COC1CCCCC1Cl. The molecule has 0 aromatic carbocycles. The Morgan fingerprint density at radius 3 is 2.70 bits per heavy atom. The molecule has 2 atom stereocenters. The summed E-state index contributed by atoms with van der Waals surface area (Å²) in [5.74, 6) is 0. The average molecular weight is 163 g/mol. The maximum absolute atomic E-state index is 9.94. The first-order valence-electron chi connectivity index (χ1n) is 3.58. The summed E-state index contributed by atoms with van der Waals surface area (Å²) in [6, 6.07) is 0. The first-order chi connectivity index (χ1) is 4.84. The van der Waals surface area contributed by atoms with Gasteiger partial charge in [-0.2, -0.15) is 0 Å². The minimum atomic E-state index is -0.0343. The second-order valence-electron chi connectivity index (χ2n) is 2.57. The highest BCUT2D eigenvalue weighted by Gasteiger charge is 2.23. The molecular formula is C7H11ClO2. The van der Waals surface area contributed by atoms with Gasteiger partial charge in [0, 0.05) is 0 Å². The number of alkyl halides is 1. The highest BCUT2D eigenvalue weighted by Crippen LogP contribution is 2.24. The van der Waals surface area contributed by atoms with E-state index in [1.54, 1.807) is 0 Å². The molecule has 0 bridgehead atoms. The van der Waals surface area contributed by atoms with E-state index in [9.17, 15) is 4.79 Å². The summed E-state index contributed by atoms with van der Waals surface area (Å²) in [6.07, 6.45) is 4.15. The lowest BCUT2D eigenvalue weighted by Crippen LogP contribution is -2.27. The molecular weight excluding hydrogens is 152 g/mol. The zero-order valence-electron chi connectivity index (χ0n) is 5.75. The summed E-state index contributed by atoms with van der Waals surface area (Å²) in [5, 5.41) is 0.0407. The standard InChI is InChI=1S/C7H11ClO2/c8-6-3-1-2-4-7(6)10-5-9/h5-7H,1-4H2. The second-order valence-corrected chi connectivity index (χ2v) is 3.13. The number of halogens is 1. The highest BCUT2D eigenvalue weighted by atomic mass is 35.5. The summed E-state index contributed by atoms with van der Waals surface area (Å²) in [7, 11) is 0. The molecule has 0 spiro atoms. The van der Waals surface area contributed by atoms with Gasteiger partial charge in [-0.15, -0.1) is 11.6 Å². The molecule has 0 aromatic heterocycles. The second kappa shape index (κ2) is 3.81. The van der Waals surface area contributed by atoms with Gasteiger partial charge in [0.1, 0.15) is 6.10 Å². The summed E-state index contributed by atoms with van der Waals surface area (Å²) >= 11 is 5.88. The highest BCUT2D eigenvalue weighted by molar-refractivity contribution is 6.21. The summed E-state index contributed by atoms with van der Waals surface area (Å²) in [5.41, 5.74) is 0. The van der Waals surface area contributed by atoms with Crippen LogP contribution in [-0.4, -0.2) is 18.0 Å². The molecule has 1 aliphatic carbocycles. The summed E-state index contributed by atoms with van der Waals surface area (Å²) in [4.78, 5) is 9.94. The Morgan fingerprint density at radius 1 is 1.40 bits per heavy atom. The molecule has 0 aromatic rings. The molecule has 1 fully saturated rings. The van der Waals surface area contributed by atoms with E-state index in [-0.39, 0.29) is 11.5 Å². The van der Waals surface area contributed by atoms with E-state index in [2.05, 4.69) is 0 Å². The largest absolute Gasteiger partial charge is 0.463 e. The Hall–Kier alpha value is -0.240. The third-order valence-electron chi connectivity index (χ3n) is 1.85. The van der Waals surface area contributed by atoms with Crippen molar-refractivity contribution in [1.29, 1.82) is 0 Å². The molecule has 0 radical (unpaired) electrons. The first kappa shape index (κ1) is 7.86. The van der Waals surface area contributed by atoms with E-state index in [4.69, 9.17) is 16.3 Å². The van der Waals surface area contributed by atoms with Crippen LogP contribution in [0, 0.1) is 0 Å². The van der Waals surface area contributed by atoms with Gasteiger partial charge >= 0.3 is 0 Å². The van der Waals surface area contributed by atoms with Gasteiger partial charge in [-0.3, -0.25) is 4.79 Å². The predicted octanol–water partition coefficient (Wildman–Crippen LogP) is 1.71. The monoisotopic (exact) mass is 162 g/mol. The molecule has 2 nitrogen and oxygen atoms in total. The molecule has 1 rings (SSSR count). The zero-order valence-corrected chi connectivity index (χ0v) is 6.51. The van der Waals surface area contributed by atoms with Crippen LogP contribution in [0.25, 0.3) is 0 Å². The molecule has 0 aliphatic heterocycles. The van der Waals surface area contributed by atoms with Gasteiger partial charge < -0.3 is 4.74 Å². The van der Waals surface area contributed by atoms with Crippen molar-refractivity contribution in [3.05, 3.63) is 0 Å². The zero-order chi connectivity index (χ0) is 7.40. The Morgan fingerprint density at radius 2 is 2.10 bits per heavy atom.